The summed E-state index contributed by atoms with van der Waals surface area (Å²) < 4.78 is 5.33. The molecule has 1 heterocycles. The van der Waals surface area contributed by atoms with Gasteiger partial charge in [0, 0.05) is 13.0 Å². The highest BCUT2D eigenvalue weighted by atomic mass is 16.5. The Labute approximate surface area is 111 Å². The number of aryl methyl sites for hydroxylation is 1. The number of amides is 1. The van der Waals surface area contributed by atoms with Crippen LogP contribution in [-0.4, -0.2) is 34.2 Å². The first kappa shape index (κ1) is 13.1. The highest BCUT2D eigenvalue weighted by Crippen LogP contribution is 2.07. The lowest BCUT2D eigenvalue weighted by Gasteiger charge is -2.06. The molecule has 6 nitrogen and oxygen atoms in total. The molecule has 1 amide bonds. The van der Waals surface area contributed by atoms with Crippen LogP contribution in [0.4, 0.5) is 0 Å². The van der Waals surface area contributed by atoms with E-state index in [2.05, 4.69) is 20.5 Å². The Morgan fingerprint density at radius 3 is 2.89 bits per heavy atom. The van der Waals surface area contributed by atoms with E-state index in [9.17, 15) is 4.79 Å². The molecule has 0 saturated carbocycles. The van der Waals surface area contributed by atoms with Crippen LogP contribution < -0.4 is 10.1 Å². The predicted molar refractivity (Wildman–Crippen MR) is 69.7 cm³/mol. The van der Waals surface area contributed by atoms with Crippen LogP contribution in [0.15, 0.2) is 36.7 Å². The van der Waals surface area contributed by atoms with Gasteiger partial charge in [0.1, 0.15) is 17.9 Å². The van der Waals surface area contributed by atoms with Crippen LogP contribution in [0, 0.1) is 0 Å². The lowest BCUT2D eigenvalue weighted by molar-refractivity contribution is -0.123. The molecule has 0 aliphatic carbocycles. The molecule has 0 saturated heterocycles. The van der Waals surface area contributed by atoms with Gasteiger partial charge in [0.15, 0.2) is 6.61 Å². The highest BCUT2D eigenvalue weighted by Gasteiger charge is 2.02. The second-order valence-corrected chi connectivity index (χ2v) is 3.99. The van der Waals surface area contributed by atoms with E-state index in [0.717, 1.165) is 18.7 Å². The van der Waals surface area contributed by atoms with Crippen LogP contribution in [0.1, 0.15) is 12.2 Å². The number of carbonyl (C=O) groups excluding carboxylic acids is 1. The minimum absolute atomic E-state index is 0.0340. The monoisotopic (exact) mass is 260 g/mol. The Balaban J connectivity index is 1.57. The van der Waals surface area contributed by atoms with E-state index in [1.807, 2.05) is 30.3 Å². The number of H-pyrrole nitrogens is 1. The number of aromatic nitrogens is 3. The third kappa shape index (κ3) is 4.79. The van der Waals surface area contributed by atoms with Crippen LogP contribution in [0.2, 0.25) is 0 Å². The summed E-state index contributed by atoms with van der Waals surface area (Å²) in [5, 5.41) is 9.32. The molecule has 100 valence electrons. The third-order valence-electron chi connectivity index (χ3n) is 2.49. The van der Waals surface area contributed by atoms with Crippen molar-refractivity contribution >= 4 is 5.91 Å². The van der Waals surface area contributed by atoms with E-state index >= 15 is 0 Å². The molecule has 6 heteroatoms. The molecule has 0 fully saturated rings. The molecule has 2 aromatic rings. The molecule has 2 N–H and O–H groups in total. The van der Waals surface area contributed by atoms with Gasteiger partial charge in [-0.2, -0.15) is 5.10 Å². The van der Waals surface area contributed by atoms with Crippen LogP contribution in [0.5, 0.6) is 5.75 Å². The van der Waals surface area contributed by atoms with Crippen molar-refractivity contribution in [2.24, 2.45) is 0 Å². The van der Waals surface area contributed by atoms with Gasteiger partial charge in [0.25, 0.3) is 5.91 Å². The number of ether oxygens (including phenoxy) is 1. The Morgan fingerprint density at radius 2 is 2.16 bits per heavy atom. The lowest BCUT2D eigenvalue weighted by Crippen LogP contribution is -2.29. The fourth-order valence-electron chi connectivity index (χ4n) is 1.55. The molecule has 1 aromatic carbocycles. The van der Waals surface area contributed by atoms with Crippen molar-refractivity contribution in [2.45, 2.75) is 12.8 Å². The number of carbonyl (C=O) groups is 1. The van der Waals surface area contributed by atoms with E-state index in [1.54, 1.807) is 0 Å². The molecule has 0 aliphatic heterocycles. The van der Waals surface area contributed by atoms with Crippen molar-refractivity contribution in [1.29, 1.82) is 0 Å². The molecule has 2 rings (SSSR count). The Bertz CT molecular complexity index is 485. The lowest BCUT2D eigenvalue weighted by atomic mass is 10.3. The predicted octanol–water partition coefficient (Wildman–Crippen LogP) is 0.932. The van der Waals surface area contributed by atoms with Crippen molar-refractivity contribution in [3.05, 3.63) is 42.5 Å². The van der Waals surface area contributed by atoms with Gasteiger partial charge in [-0.25, -0.2) is 4.98 Å². The number of nitrogens with one attached hydrogen (secondary N) is 2. The van der Waals surface area contributed by atoms with Gasteiger partial charge in [-0.3, -0.25) is 9.89 Å². The first-order valence-electron chi connectivity index (χ1n) is 6.13. The van der Waals surface area contributed by atoms with Gasteiger partial charge >= 0.3 is 0 Å². The molecule has 0 unspecified atom stereocenters. The van der Waals surface area contributed by atoms with Crippen LogP contribution in [0.3, 0.4) is 0 Å². The first-order chi connectivity index (χ1) is 9.34. The third-order valence-corrected chi connectivity index (χ3v) is 2.49. The van der Waals surface area contributed by atoms with E-state index in [1.165, 1.54) is 6.33 Å². The molecule has 0 atom stereocenters. The molecule has 0 spiro atoms. The fraction of sp³-hybridized carbons (Fsp3) is 0.308. The quantitative estimate of drug-likeness (QED) is 0.726. The summed E-state index contributed by atoms with van der Waals surface area (Å²) >= 11 is 0. The number of hydrogen-bond donors (Lipinski definition) is 2. The van der Waals surface area contributed by atoms with Crippen molar-refractivity contribution < 1.29 is 9.53 Å². The molecular formula is C13H16N4O2. The van der Waals surface area contributed by atoms with Gasteiger partial charge in [0.05, 0.1) is 0 Å². The van der Waals surface area contributed by atoms with Crippen molar-refractivity contribution in [3.8, 4) is 5.75 Å². The summed E-state index contributed by atoms with van der Waals surface area (Å²) in [5.74, 6) is 1.40. The second-order valence-electron chi connectivity index (χ2n) is 3.99. The summed E-state index contributed by atoms with van der Waals surface area (Å²) in [5.41, 5.74) is 0. The van der Waals surface area contributed by atoms with Gasteiger partial charge in [-0.05, 0) is 18.6 Å². The van der Waals surface area contributed by atoms with Crippen LogP contribution in [0.25, 0.3) is 0 Å². The topological polar surface area (TPSA) is 79.9 Å². The van der Waals surface area contributed by atoms with Crippen LogP contribution in [-0.2, 0) is 11.2 Å². The largest absolute Gasteiger partial charge is 0.484 e. The highest BCUT2D eigenvalue weighted by molar-refractivity contribution is 5.77. The normalized spacial score (nSPS) is 10.1. The molecule has 0 bridgehead atoms. The average molecular weight is 260 g/mol. The average Bonchev–Trinajstić information content (AvgIpc) is 2.96. The number of rotatable bonds is 7. The maximum Gasteiger partial charge on any atom is 0.257 e. The van der Waals surface area contributed by atoms with Gasteiger partial charge in [-0.1, -0.05) is 18.2 Å². The van der Waals surface area contributed by atoms with E-state index in [-0.39, 0.29) is 12.5 Å². The molecule has 1 aromatic heterocycles. The Kier molecular flexibility index (Phi) is 4.92. The Hall–Kier alpha value is -2.37. The standard InChI is InChI=1S/C13H16N4O2/c18-13(9-19-11-5-2-1-3-6-11)14-8-4-7-12-15-10-16-17-12/h1-3,5-6,10H,4,7-9H2,(H,14,18)(H,15,16,17). The summed E-state index contributed by atoms with van der Waals surface area (Å²) in [6, 6.07) is 9.26. The Morgan fingerprint density at radius 1 is 1.32 bits per heavy atom. The second kappa shape index (κ2) is 7.15. The summed E-state index contributed by atoms with van der Waals surface area (Å²) in [4.78, 5) is 15.5. The SMILES string of the molecule is O=C(COc1ccccc1)NCCCc1ncn[nH]1. The number of para-hydroxylation sites is 1. The first-order valence-corrected chi connectivity index (χ1v) is 6.13. The van der Waals surface area contributed by atoms with Crippen LogP contribution >= 0.6 is 0 Å². The van der Waals surface area contributed by atoms with Crippen molar-refractivity contribution in [3.63, 3.8) is 0 Å². The van der Waals surface area contributed by atoms with Crippen molar-refractivity contribution in [1.82, 2.24) is 20.5 Å². The zero-order chi connectivity index (χ0) is 13.3. The van der Waals surface area contributed by atoms with E-state index in [0.29, 0.717) is 12.3 Å². The zero-order valence-corrected chi connectivity index (χ0v) is 10.5. The minimum atomic E-state index is -0.124. The molecule has 0 radical (unpaired) electrons. The molecular weight excluding hydrogens is 244 g/mol. The van der Waals surface area contributed by atoms with Gasteiger partial charge in [0.2, 0.25) is 0 Å². The van der Waals surface area contributed by atoms with E-state index in [4.69, 9.17) is 4.74 Å². The summed E-state index contributed by atoms with van der Waals surface area (Å²) in [6.07, 6.45) is 3.05. The number of aromatic amines is 1. The zero-order valence-electron chi connectivity index (χ0n) is 10.5. The molecule has 0 aliphatic rings. The maximum atomic E-state index is 11.5. The number of hydrogen-bond acceptors (Lipinski definition) is 4. The van der Waals surface area contributed by atoms with E-state index < -0.39 is 0 Å². The number of benzene rings is 1. The summed E-state index contributed by atoms with van der Waals surface area (Å²) in [6.45, 7) is 0.629. The van der Waals surface area contributed by atoms with Gasteiger partial charge in [-0.15, -0.1) is 0 Å². The molecule has 19 heavy (non-hydrogen) atoms. The minimum Gasteiger partial charge on any atom is -0.484 e. The smallest absolute Gasteiger partial charge is 0.257 e. The van der Waals surface area contributed by atoms with Crippen molar-refractivity contribution in [2.75, 3.05) is 13.2 Å². The maximum absolute atomic E-state index is 11.5. The number of nitrogens with zero attached hydrogens (tertiary/aromatic N) is 2. The van der Waals surface area contributed by atoms with Gasteiger partial charge < -0.3 is 10.1 Å². The fourth-order valence-corrected chi connectivity index (χ4v) is 1.55. The summed E-state index contributed by atoms with van der Waals surface area (Å²) in [7, 11) is 0.